The number of rotatable bonds is 7. The lowest BCUT2D eigenvalue weighted by atomic mass is 10.2. The fraction of sp³-hybridized carbons (Fsp3) is 0.167. The average molecular weight is 481 g/mol. The molecule has 160 valence electrons. The molecule has 0 saturated carbocycles. The zero-order valence-electron chi connectivity index (χ0n) is 17.3. The molecule has 7 heteroatoms. The van der Waals surface area contributed by atoms with Crippen molar-refractivity contribution in [2.75, 3.05) is 28.6 Å². The van der Waals surface area contributed by atoms with Gasteiger partial charge in [0.1, 0.15) is 0 Å². The maximum atomic E-state index is 12.9. The summed E-state index contributed by atoms with van der Waals surface area (Å²) in [7, 11) is 0. The van der Waals surface area contributed by atoms with Gasteiger partial charge in [-0.05, 0) is 67.4 Å². The standard InChI is InChI=1S/C24H25BrN4O2/c1-18-7-5-8-21(17-18)28-24(31)29(22-9-3-2-4-10-22)16-6-15-26-23(30)27-20-13-11-19(25)12-14-20/h2-5,7-14,17H,6,15-16H2,1H3,(H,28,31)(H2,26,27,30). The Kier molecular flexibility index (Phi) is 8.06. The minimum Gasteiger partial charge on any atom is -0.338 e. The molecule has 3 rings (SSSR count). The molecular formula is C24H25BrN4O2. The van der Waals surface area contributed by atoms with E-state index >= 15 is 0 Å². The summed E-state index contributed by atoms with van der Waals surface area (Å²) >= 11 is 3.37. The number of urea groups is 2. The minimum atomic E-state index is -0.280. The summed E-state index contributed by atoms with van der Waals surface area (Å²) in [4.78, 5) is 26.7. The van der Waals surface area contributed by atoms with Crippen LogP contribution in [0.1, 0.15) is 12.0 Å². The van der Waals surface area contributed by atoms with Crippen LogP contribution >= 0.6 is 15.9 Å². The van der Waals surface area contributed by atoms with Crippen molar-refractivity contribution in [2.24, 2.45) is 0 Å². The normalized spacial score (nSPS) is 10.3. The molecule has 0 aliphatic carbocycles. The first-order valence-electron chi connectivity index (χ1n) is 10.0. The molecule has 0 aliphatic rings. The molecule has 0 bridgehead atoms. The van der Waals surface area contributed by atoms with E-state index in [1.165, 1.54) is 0 Å². The number of amides is 4. The molecule has 0 spiro atoms. The highest BCUT2D eigenvalue weighted by Crippen LogP contribution is 2.17. The second-order valence-electron chi connectivity index (χ2n) is 7.03. The fourth-order valence-corrected chi connectivity index (χ4v) is 3.28. The lowest BCUT2D eigenvalue weighted by molar-refractivity contribution is 0.252. The molecule has 0 radical (unpaired) electrons. The average Bonchev–Trinajstić information content (AvgIpc) is 2.76. The number of carbonyl (C=O) groups excluding carboxylic acids is 2. The van der Waals surface area contributed by atoms with Crippen LogP contribution in [0.25, 0.3) is 0 Å². The van der Waals surface area contributed by atoms with E-state index in [2.05, 4.69) is 31.9 Å². The summed E-state index contributed by atoms with van der Waals surface area (Å²) in [5, 5.41) is 8.57. The van der Waals surface area contributed by atoms with Crippen molar-refractivity contribution in [3.63, 3.8) is 0 Å². The Morgan fingerprint density at radius 2 is 1.61 bits per heavy atom. The van der Waals surface area contributed by atoms with Gasteiger partial charge in [-0.3, -0.25) is 4.90 Å². The first-order valence-corrected chi connectivity index (χ1v) is 10.8. The van der Waals surface area contributed by atoms with Crippen LogP contribution in [0.5, 0.6) is 0 Å². The van der Waals surface area contributed by atoms with E-state index in [1.54, 1.807) is 4.90 Å². The van der Waals surface area contributed by atoms with E-state index in [0.717, 1.165) is 21.4 Å². The van der Waals surface area contributed by atoms with Gasteiger partial charge in [-0.1, -0.05) is 46.3 Å². The van der Waals surface area contributed by atoms with Crippen LogP contribution in [0.4, 0.5) is 26.7 Å². The highest BCUT2D eigenvalue weighted by molar-refractivity contribution is 9.10. The monoisotopic (exact) mass is 480 g/mol. The largest absolute Gasteiger partial charge is 0.338 e. The van der Waals surface area contributed by atoms with Gasteiger partial charge in [-0.25, -0.2) is 9.59 Å². The molecule has 3 aromatic carbocycles. The number of halogens is 1. The van der Waals surface area contributed by atoms with Gasteiger partial charge in [0, 0.05) is 34.6 Å². The SMILES string of the molecule is Cc1cccc(NC(=O)N(CCCNC(=O)Nc2ccc(Br)cc2)c2ccccc2)c1. The van der Waals surface area contributed by atoms with Gasteiger partial charge in [0.2, 0.25) is 0 Å². The van der Waals surface area contributed by atoms with Gasteiger partial charge in [0.05, 0.1) is 0 Å². The molecule has 4 amide bonds. The summed E-state index contributed by atoms with van der Waals surface area (Å²) in [5.74, 6) is 0. The van der Waals surface area contributed by atoms with Crippen molar-refractivity contribution >= 4 is 45.1 Å². The summed E-state index contributed by atoms with van der Waals surface area (Å²) in [6.45, 7) is 2.87. The zero-order valence-corrected chi connectivity index (χ0v) is 18.9. The molecule has 3 N–H and O–H groups in total. The molecule has 0 fully saturated rings. The van der Waals surface area contributed by atoms with Gasteiger partial charge in [0.15, 0.2) is 0 Å². The van der Waals surface area contributed by atoms with E-state index in [9.17, 15) is 9.59 Å². The van der Waals surface area contributed by atoms with Crippen LogP contribution in [-0.4, -0.2) is 25.2 Å². The van der Waals surface area contributed by atoms with Crippen LogP contribution in [0, 0.1) is 6.92 Å². The van der Waals surface area contributed by atoms with E-state index in [1.807, 2.05) is 85.8 Å². The Balaban J connectivity index is 1.54. The quantitative estimate of drug-likeness (QED) is 0.362. The molecule has 3 aromatic rings. The highest BCUT2D eigenvalue weighted by Gasteiger charge is 2.15. The van der Waals surface area contributed by atoms with Crippen molar-refractivity contribution in [3.8, 4) is 0 Å². The fourth-order valence-electron chi connectivity index (χ4n) is 3.02. The third kappa shape index (κ3) is 7.15. The van der Waals surface area contributed by atoms with Crippen LogP contribution in [0.3, 0.4) is 0 Å². The summed E-state index contributed by atoms with van der Waals surface area (Å²) in [6.07, 6.45) is 0.601. The molecule has 31 heavy (non-hydrogen) atoms. The van der Waals surface area contributed by atoms with Gasteiger partial charge in [-0.2, -0.15) is 0 Å². The topological polar surface area (TPSA) is 73.5 Å². The molecule has 0 atom stereocenters. The predicted molar refractivity (Wildman–Crippen MR) is 130 cm³/mol. The Morgan fingerprint density at radius 1 is 0.871 bits per heavy atom. The van der Waals surface area contributed by atoms with Crippen LogP contribution in [-0.2, 0) is 0 Å². The van der Waals surface area contributed by atoms with Crippen molar-refractivity contribution in [2.45, 2.75) is 13.3 Å². The zero-order chi connectivity index (χ0) is 22.1. The van der Waals surface area contributed by atoms with E-state index < -0.39 is 0 Å². The lowest BCUT2D eigenvalue weighted by Gasteiger charge is -2.23. The maximum Gasteiger partial charge on any atom is 0.326 e. The second-order valence-corrected chi connectivity index (χ2v) is 7.94. The number of nitrogens with zero attached hydrogens (tertiary/aromatic N) is 1. The Bertz CT molecular complexity index is 1010. The summed E-state index contributed by atoms with van der Waals surface area (Å²) in [6, 6.07) is 24.0. The number of anilines is 3. The number of aryl methyl sites for hydroxylation is 1. The number of para-hydroxylation sites is 1. The van der Waals surface area contributed by atoms with E-state index in [-0.39, 0.29) is 12.1 Å². The van der Waals surface area contributed by atoms with Crippen molar-refractivity contribution in [1.82, 2.24) is 5.32 Å². The molecule has 6 nitrogen and oxygen atoms in total. The number of benzene rings is 3. The van der Waals surface area contributed by atoms with E-state index in [0.29, 0.717) is 25.2 Å². The van der Waals surface area contributed by atoms with Crippen molar-refractivity contribution in [1.29, 1.82) is 0 Å². The third-order valence-corrected chi connectivity index (χ3v) is 5.06. The molecule has 0 aromatic heterocycles. The smallest absolute Gasteiger partial charge is 0.326 e. The van der Waals surface area contributed by atoms with Crippen molar-refractivity contribution < 1.29 is 9.59 Å². The maximum absolute atomic E-state index is 12.9. The number of nitrogens with one attached hydrogen (secondary N) is 3. The van der Waals surface area contributed by atoms with E-state index in [4.69, 9.17) is 0 Å². The van der Waals surface area contributed by atoms with Gasteiger partial charge in [-0.15, -0.1) is 0 Å². The number of hydrogen-bond donors (Lipinski definition) is 3. The Morgan fingerprint density at radius 3 is 2.32 bits per heavy atom. The second kappa shape index (κ2) is 11.2. The van der Waals surface area contributed by atoms with Crippen molar-refractivity contribution in [3.05, 3.63) is 88.9 Å². The van der Waals surface area contributed by atoms with Gasteiger partial charge < -0.3 is 16.0 Å². The van der Waals surface area contributed by atoms with Crippen LogP contribution < -0.4 is 20.9 Å². The van der Waals surface area contributed by atoms with Gasteiger partial charge >= 0.3 is 12.1 Å². The van der Waals surface area contributed by atoms with Gasteiger partial charge in [0.25, 0.3) is 0 Å². The lowest BCUT2D eigenvalue weighted by Crippen LogP contribution is -2.38. The first kappa shape index (κ1) is 22.4. The third-order valence-electron chi connectivity index (χ3n) is 4.53. The number of hydrogen-bond acceptors (Lipinski definition) is 2. The molecular weight excluding hydrogens is 456 g/mol. The highest BCUT2D eigenvalue weighted by atomic mass is 79.9. The molecule has 0 unspecified atom stereocenters. The van der Waals surface area contributed by atoms with Crippen LogP contribution in [0.15, 0.2) is 83.3 Å². The number of carbonyl (C=O) groups is 2. The van der Waals surface area contributed by atoms with Crippen LogP contribution in [0.2, 0.25) is 0 Å². The minimum absolute atomic E-state index is 0.212. The first-order chi connectivity index (χ1) is 15.0. The molecule has 0 heterocycles. The molecule has 0 saturated heterocycles. The Hall–Kier alpha value is -3.32. The Labute approximate surface area is 190 Å². The summed E-state index contributed by atoms with van der Waals surface area (Å²) in [5.41, 5.74) is 3.33. The molecule has 0 aliphatic heterocycles. The predicted octanol–water partition coefficient (Wildman–Crippen LogP) is 6.01. The summed E-state index contributed by atoms with van der Waals surface area (Å²) < 4.78 is 0.948.